The fourth-order valence-electron chi connectivity index (χ4n) is 3.30. The van der Waals surface area contributed by atoms with E-state index in [1.54, 1.807) is 39.5 Å². The number of hydrogen-bond donors (Lipinski definition) is 0. The van der Waals surface area contributed by atoms with Crippen molar-refractivity contribution in [3.05, 3.63) is 53.6 Å². The number of rotatable bonds is 8. The van der Waals surface area contributed by atoms with Gasteiger partial charge in [-0.05, 0) is 61.6 Å². The van der Waals surface area contributed by atoms with Gasteiger partial charge < -0.3 is 19.1 Å². The first-order valence-electron chi connectivity index (χ1n) is 9.23. The standard InChI is InChI=1S/C22H27NO4/c1-15(17-7-8-17)23(14-16-5-10-19(25-2)11-6-16)22(24)18-9-12-20(26-3)21(13-18)27-4/h5-6,9-13,15,17H,7-8,14H2,1-4H3. The van der Waals surface area contributed by atoms with Gasteiger partial charge in [0.2, 0.25) is 0 Å². The molecular weight excluding hydrogens is 342 g/mol. The maximum absolute atomic E-state index is 13.3. The molecule has 1 aliphatic carbocycles. The topological polar surface area (TPSA) is 48.0 Å². The van der Waals surface area contributed by atoms with Gasteiger partial charge in [-0.1, -0.05) is 12.1 Å². The molecule has 0 heterocycles. The predicted molar refractivity (Wildman–Crippen MR) is 105 cm³/mol. The Hall–Kier alpha value is -2.69. The molecule has 1 saturated carbocycles. The molecule has 2 aromatic rings. The van der Waals surface area contributed by atoms with E-state index >= 15 is 0 Å². The second-order valence-electron chi connectivity index (χ2n) is 6.93. The number of methoxy groups -OCH3 is 3. The van der Waals surface area contributed by atoms with Gasteiger partial charge in [0.25, 0.3) is 5.91 Å². The first-order chi connectivity index (χ1) is 13.1. The largest absolute Gasteiger partial charge is 0.497 e. The van der Waals surface area contributed by atoms with E-state index < -0.39 is 0 Å². The van der Waals surface area contributed by atoms with E-state index in [0.717, 1.165) is 11.3 Å². The van der Waals surface area contributed by atoms with Crippen LogP contribution in [0.25, 0.3) is 0 Å². The SMILES string of the molecule is COc1ccc(CN(C(=O)c2ccc(OC)c(OC)c2)C(C)C2CC2)cc1. The van der Waals surface area contributed by atoms with Crippen LogP contribution in [0.2, 0.25) is 0 Å². The molecule has 1 amide bonds. The number of ether oxygens (including phenoxy) is 3. The molecule has 27 heavy (non-hydrogen) atoms. The summed E-state index contributed by atoms with van der Waals surface area (Å²) in [6.45, 7) is 2.70. The summed E-state index contributed by atoms with van der Waals surface area (Å²) in [5, 5.41) is 0. The minimum absolute atomic E-state index is 0.00571. The van der Waals surface area contributed by atoms with Crippen molar-refractivity contribution in [2.75, 3.05) is 21.3 Å². The zero-order valence-corrected chi connectivity index (χ0v) is 16.4. The third-order valence-electron chi connectivity index (χ3n) is 5.20. The number of nitrogens with zero attached hydrogens (tertiary/aromatic N) is 1. The summed E-state index contributed by atoms with van der Waals surface area (Å²) in [4.78, 5) is 15.3. The normalized spacial score (nSPS) is 14.4. The Balaban J connectivity index is 1.86. The first-order valence-corrected chi connectivity index (χ1v) is 9.23. The second kappa shape index (κ2) is 8.33. The number of benzene rings is 2. The van der Waals surface area contributed by atoms with E-state index in [0.29, 0.717) is 29.5 Å². The van der Waals surface area contributed by atoms with Crippen LogP contribution in [0.15, 0.2) is 42.5 Å². The van der Waals surface area contributed by atoms with E-state index in [9.17, 15) is 4.79 Å². The summed E-state index contributed by atoms with van der Waals surface area (Å²) in [6, 6.07) is 13.4. The third kappa shape index (κ3) is 4.35. The van der Waals surface area contributed by atoms with Crippen molar-refractivity contribution in [2.45, 2.75) is 32.4 Å². The molecule has 5 heteroatoms. The van der Waals surface area contributed by atoms with E-state index in [1.807, 2.05) is 29.2 Å². The van der Waals surface area contributed by atoms with Gasteiger partial charge in [0.1, 0.15) is 5.75 Å². The van der Waals surface area contributed by atoms with Gasteiger partial charge in [-0.25, -0.2) is 0 Å². The van der Waals surface area contributed by atoms with Crippen molar-refractivity contribution in [3.63, 3.8) is 0 Å². The predicted octanol–water partition coefficient (Wildman–Crippen LogP) is 4.15. The molecule has 1 aliphatic rings. The van der Waals surface area contributed by atoms with E-state index in [-0.39, 0.29) is 11.9 Å². The summed E-state index contributed by atoms with van der Waals surface area (Å²) in [5.74, 6) is 2.57. The molecule has 1 atom stereocenters. The monoisotopic (exact) mass is 369 g/mol. The van der Waals surface area contributed by atoms with Crippen LogP contribution < -0.4 is 14.2 Å². The van der Waals surface area contributed by atoms with Crippen LogP contribution >= 0.6 is 0 Å². The zero-order valence-electron chi connectivity index (χ0n) is 16.4. The van der Waals surface area contributed by atoms with Gasteiger partial charge in [0.05, 0.1) is 21.3 Å². The highest BCUT2D eigenvalue weighted by molar-refractivity contribution is 5.95. The molecule has 2 aromatic carbocycles. The summed E-state index contributed by atoms with van der Waals surface area (Å²) >= 11 is 0. The molecule has 0 spiro atoms. The highest BCUT2D eigenvalue weighted by atomic mass is 16.5. The lowest BCUT2D eigenvalue weighted by molar-refractivity contribution is 0.0654. The summed E-state index contributed by atoms with van der Waals surface area (Å²) < 4.78 is 15.9. The van der Waals surface area contributed by atoms with Crippen LogP contribution in [-0.2, 0) is 6.54 Å². The Morgan fingerprint density at radius 3 is 2.22 bits per heavy atom. The highest BCUT2D eigenvalue weighted by Gasteiger charge is 2.34. The van der Waals surface area contributed by atoms with Gasteiger partial charge in [-0.2, -0.15) is 0 Å². The molecule has 3 rings (SSSR count). The Labute approximate surface area is 160 Å². The average Bonchev–Trinajstić information content (AvgIpc) is 3.56. The Morgan fingerprint density at radius 1 is 1.00 bits per heavy atom. The highest BCUT2D eigenvalue weighted by Crippen LogP contribution is 2.37. The van der Waals surface area contributed by atoms with E-state index in [1.165, 1.54) is 12.8 Å². The molecule has 0 aliphatic heterocycles. The Morgan fingerprint density at radius 2 is 1.67 bits per heavy atom. The van der Waals surface area contributed by atoms with Crippen LogP contribution in [0.1, 0.15) is 35.7 Å². The van der Waals surface area contributed by atoms with Crippen LogP contribution in [0.4, 0.5) is 0 Å². The maximum atomic E-state index is 13.3. The summed E-state index contributed by atoms with van der Waals surface area (Å²) in [5.41, 5.74) is 1.69. The van der Waals surface area contributed by atoms with E-state index in [4.69, 9.17) is 14.2 Å². The van der Waals surface area contributed by atoms with Gasteiger partial charge in [0.15, 0.2) is 11.5 Å². The van der Waals surface area contributed by atoms with E-state index in [2.05, 4.69) is 6.92 Å². The lowest BCUT2D eigenvalue weighted by Gasteiger charge is -2.30. The van der Waals surface area contributed by atoms with Crippen molar-refractivity contribution in [1.29, 1.82) is 0 Å². The number of amides is 1. The summed E-state index contributed by atoms with van der Waals surface area (Å²) in [6.07, 6.45) is 2.36. The average molecular weight is 369 g/mol. The lowest BCUT2D eigenvalue weighted by atomic mass is 10.1. The van der Waals surface area contributed by atoms with Gasteiger partial charge in [-0.3, -0.25) is 4.79 Å². The molecule has 5 nitrogen and oxygen atoms in total. The van der Waals surface area contributed by atoms with Gasteiger partial charge in [0, 0.05) is 18.2 Å². The fraction of sp³-hybridized carbons (Fsp3) is 0.409. The van der Waals surface area contributed by atoms with Gasteiger partial charge >= 0.3 is 0 Å². The smallest absolute Gasteiger partial charge is 0.254 e. The van der Waals surface area contributed by atoms with Crippen molar-refractivity contribution in [1.82, 2.24) is 4.90 Å². The molecule has 0 aromatic heterocycles. The fourth-order valence-corrected chi connectivity index (χ4v) is 3.30. The molecule has 0 saturated heterocycles. The Bertz CT molecular complexity index is 783. The number of carbonyl (C=O) groups excluding carboxylic acids is 1. The van der Waals surface area contributed by atoms with Gasteiger partial charge in [-0.15, -0.1) is 0 Å². The van der Waals surface area contributed by atoms with Crippen LogP contribution in [0.5, 0.6) is 17.2 Å². The Kier molecular flexibility index (Phi) is 5.89. The zero-order chi connectivity index (χ0) is 19.4. The minimum atomic E-state index is 0.00571. The quantitative estimate of drug-likeness (QED) is 0.701. The third-order valence-corrected chi connectivity index (χ3v) is 5.20. The van der Waals surface area contributed by atoms with Crippen molar-refractivity contribution >= 4 is 5.91 Å². The molecule has 0 radical (unpaired) electrons. The second-order valence-corrected chi connectivity index (χ2v) is 6.93. The van der Waals surface area contributed by atoms with Crippen LogP contribution in [-0.4, -0.2) is 38.2 Å². The van der Waals surface area contributed by atoms with Crippen molar-refractivity contribution < 1.29 is 19.0 Å². The molecule has 0 N–H and O–H groups in total. The molecule has 0 bridgehead atoms. The molecule has 1 fully saturated rings. The summed E-state index contributed by atoms with van der Waals surface area (Å²) in [7, 11) is 4.82. The van der Waals surface area contributed by atoms with Crippen molar-refractivity contribution in [3.8, 4) is 17.2 Å². The molecule has 144 valence electrons. The lowest BCUT2D eigenvalue weighted by Crippen LogP contribution is -2.39. The molecule has 1 unspecified atom stereocenters. The minimum Gasteiger partial charge on any atom is -0.497 e. The number of hydrogen-bond acceptors (Lipinski definition) is 4. The van der Waals surface area contributed by atoms with Crippen LogP contribution in [0, 0.1) is 5.92 Å². The molecular formula is C22H27NO4. The van der Waals surface area contributed by atoms with Crippen molar-refractivity contribution in [2.24, 2.45) is 5.92 Å². The van der Waals surface area contributed by atoms with Crippen LogP contribution in [0.3, 0.4) is 0 Å². The first kappa shape index (κ1) is 19.1. The maximum Gasteiger partial charge on any atom is 0.254 e. The number of carbonyl (C=O) groups is 1.